The Balaban J connectivity index is 2.65. The third-order valence-corrected chi connectivity index (χ3v) is 2.68. The minimum Gasteiger partial charge on any atom is -0.382 e. The zero-order chi connectivity index (χ0) is 12.7. The molecule has 0 saturated heterocycles. The lowest BCUT2D eigenvalue weighted by atomic mass is 10.1. The number of pyridine rings is 1. The monoisotopic (exact) mass is 239 g/mol. The maximum atomic E-state index is 5.71. The highest BCUT2D eigenvalue weighted by atomic mass is 16.5. The number of hydrogen-bond acceptors (Lipinski definition) is 5. The van der Waals surface area contributed by atoms with Gasteiger partial charge in [-0.25, -0.2) is 4.98 Å². The van der Waals surface area contributed by atoms with Gasteiger partial charge in [0.05, 0.1) is 12.7 Å². The van der Waals surface area contributed by atoms with Gasteiger partial charge in [0.2, 0.25) is 0 Å². The lowest BCUT2D eigenvalue weighted by Crippen LogP contribution is -2.27. The zero-order valence-corrected chi connectivity index (χ0v) is 10.7. The molecule has 1 aromatic heterocycles. The van der Waals surface area contributed by atoms with Crippen LogP contribution >= 0.6 is 0 Å². The van der Waals surface area contributed by atoms with Gasteiger partial charge in [-0.1, -0.05) is 0 Å². The van der Waals surface area contributed by atoms with Crippen molar-refractivity contribution in [2.75, 3.05) is 32.7 Å². The molecule has 0 spiro atoms. The minimum atomic E-state index is 0.00735. The molecule has 0 saturated carbocycles. The van der Waals surface area contributed by atoms with Crippen LogP contribution in [0.4, 0.5) is 5.82 Å². The molecular formula is C12H21N3O2. The Bertz CT molecular complexity index is 345. The van der Waals surface area contributed by atoms with Crippen molar-refractivity contribution in [1.82, 2.24) is 4.98 Å². The number of anilines is 1. The van der Waals surface area contributed by atoms with Crippen molar-refractivity contribution in [3.63, 3.8) is 0 Å². The molecule has 1 aromatic rings. The number of nitrogens with two attached hydrogens (primary N) is 1. The van der Waals surface area contributed by atoms with Gasteiger partial charge in [0.25, 0.3) is 0 Å². The summed E-state index contributed by atoms with van der Waals surface area (Å²) in [5, 5.41) is 3.24. The highest BCUT2D eigenvalue weighted by Crippen LogP contribution is 2.15. The third kappa shape index (κ3) is 3.96. The standard InChI is InChI=1S/C12H21N3O2/c1-9-4-5-14-12(11(9)6-13)15-7-10(17-3)8-16-2/h4-5,10H,6-8,13H2,1-3H3,(H,14,15). The van der Waals surface area contributed by atoms with Crippen molar-refractivity contribution in [2.24, 2.45) is 5.73 Å². The number of nitrogens with zero attached hydrogens (tertiary/aromatic N) is 1. The van der Waals surface area contributed by atoms with E-state index in [-0.39, 0.29) is 6.10 Å². The second-order valence-corrected chi connectivity index (χ2v) is 3.85. The predicted octanol–water partition coefficient (Wildman–Crippen LogP) is 0.922. The van der Waals surface area contributed by atoms with Crippen molar-refractivity contribution in [2.45, 2.75) is 19.6 Å². The molecule has 0 amide bonds. The number of ether oxygens (including phenoxy) is 2. The van der Waals surface area contributed by atoms with Crippen molar-refractivity contribution in [1.29, 1.82) is 0 Å². The smallest absolute Gasteiger partial charge is 0.130 e. The normalized spacial score (nSPS) is 12.5. The van der Waals surface area contributed by atoms with E-state index in [0.29, 0.717) is 19.7 Å². The van der Waals surface area contributed by atoms with Gasteiger partial charge in [-0.05, 0) is 18.6 Å². The van der Waals surface area contributed by atoms with Crippen molar-refractivity contribution in [3.05, 3.63) is 23.4 Å². The van der Waals surface area contributed by atoms with E-state index in [0.717, 1.165) is 16.9 Å². The number of methoxy groups -OCH3 is 2. The minimum absolute atomic E-state index is 0.00735. The van der Waals surface area contributed by atoms with Gasteiger partial charge in [0.15, 0.2) is 0 Å². The maximum Gasteiger partial charge on any atom is 0.130 e. The molecule has 3 N–H and O–H groups in total. The van der Waals surface area contributed by atoms with E-state index in [1.54, 1.807) is 20.4 Å². The van der Waals surface area contributed by atoms with E-state index in [2.05, 4.69) is 10.3 Å². The fourth-order valence-corrected chi connectivity index (χ4v) is 1.61. The predicted molar refractivity (Wildman–Crippen MR) is 68.0 cm³/mol. The van der Waals surface area contributed by atoms with E-state index >= 15 is 0 Å². The average Bonchev–Trinajstić information content (AvgIpc) is 2.34. The zero-order valence-electron chi connectivity index (χ0n) is 10.7. The molecule has 5 heteroatoms. The first-order valence-electron chi connectivity index (χ1n) is 5.63. The molecule has 0 aliphatic carbocycles. The molecule has 1 atom stereocenters. The molecule has 5 nitrogen and oxygen atoms in total. The summed E-state index contributed by atoms with van der Waals surface area (Å²) in [6, 6.07) is 1.95. The fraction of sp³-hybridized carbons (Fsp3) is 0.583. The maximum absolute atomic E-state index is 5.71. The molecule has 0 aliphatic rings. The van der Waals surface area contributed by atoms with Crippen LogP contribution in [-0.2, 0) is 16.0 Å². The summed E-state index contributed by atoms with van der Waals surface area (Å²) in [6.45, 7) is 3.70. The van der Waals surface area contributed by atoms with Gasteiger partial charge >= 0.3 is 0 Å². The number of rotatable bonds is 7. The van der Waals surface area contributed by atoms with E-state index in [1.165, 1.54) is 0 Å². The first-order valence-corrected chi connectivity index (χ1v) is 5.63. The van der Waals surface area contributed by atoms with Gasteiger partial charge in [-0.15, -0.1) is 0 Å². The lowest BCUT2D eigenvalue weighted by Gasteiger charge is -2.17. The van der Waals surface area contributed by atoms with Crippen LogP contribution in [0, 0.1) is 6.92 Å². The highest BCUT2D eigenvalue weighted by Gasteiger charge is 2.09. The van der Waals surface area contributed by atoms with Crippen LogP contribution in [-0.4, -0.2) is 38.5 Å². The molecule has 96 valence electrons. The second-order valence-electron chi connectivity index (χ2n) is 3.85. The van der Waals surface area contributed by atoms with E-state index in [9.17, 15) is 0 Å². The number of nitrogens with one attached hydrogen (secondary N) is 1. The summed E-state index contributed by atoms with van der Waals surface area (Å²) in [4.78, 5) is 4.29. The molecule has 0 aromatic carbocycles. The van der Waals surface area contributed by atoms with E-state index in [4.69, 9.17) is 15.2 Å². The average molecular weight is 239 g/mol. The molecule has 0 fully saturated rings. The molecule has 1 unspecified atom stereocenters. The van der Waals surface area contributed by atoms with Crippen molar-refractivity contribution >= 4 is 5.82 Å². The molecule has 0 radical (unpaired) electrons. The Morgan fingerprint density at radius 2 is 2.24 bits per heavy atom. The quantitative estimate of drug-likeness (QED) is 0.740. The van der Waals surface area contributed by atoms with Gasteiger partial charge < -0.3 is 20.5 Å². The van der Waals surface area contributed by atoms with Crippen LogP contribution in [0.1, 0.15) is 11.1 Å². The topological polar surface area (TPSA) is 69.4 Å². The summed E-state index contributed by atoms with van der Waals surface area (Å²) in [5.74, 6) is 0.825. The van der Waals surface area contributed by atoms with E-state index < -0.39 is 0 Å². The number of hydrogen-bond donors (Lipinski definition) is 2. The molecule has 17 heavy (non-hydrogen) atoms. The Morgan fingerprint density at radius 3 is 2.82 bits per heavy atom. The first kappa shape index (κ1) is 13.9. The molecule has 1 heterocycles. The molecular weight excluding hydrogens is 218 g/mol. The Kier molecular flexibility index (Phi) is 5.90. The third-order valence-electron chi connectivity index (χ3n) is 2.68. The molecule has 0 aliphatic heterocycles. The van der Waals surface area contributed by atoms with Crippen LogP contribution in [0.2, 0.25) is 0 Å². The molecule has 1 rings (SSSR count). The molecule has 0 bridgehead atoms. The highest BCUT2D eigenvalue weighted by molar-refractivity contribution is 5.47. The first-order chi connectivity index (χ1) is 8.22. The van der Waals surface area contributed by atoms with Crippen LogP contribution in [0.5, 0.6) is 0 Å². The Morgan fingerprint density at radius 1 is 1.47 bits per heavy atom. The van der Waals surface area contributed by atoms with E-state index in [1.807, 2.05) is 13.0 Å². The summed E-state index contributed by atoms with van der Waals surface area (Å²) in [7, 11) is 3.32. The van der Waals surface area contributed by atoms with Gasteiger partial charge in [0, 0.05) is 39.1 Å². The Labute approximate surface area is 102 Å². The SMILES string of the molecule is COCC(CNc1nccc(C)c1CN)OC. The largest absolute Gasteiger partial charge is 0.382 e. The summed E-state index contributed by atoms with van der Waals surface area (Å²) >= 11 is 0. The summed E-state index contributed by atoms with van der Waals surface area (Å²) in [6.07, 6.45) is 1.78. The van der Waals surface area contributed by atoms with Gasteiger partial charge in [-0.2, -0.15) is 0 Å². The number of aryl methyl sites for hydroxylation is 1. The van der Waals surface area contributed by atoms with Crippen LogP contribution in [0.15, 0.2) is 12.3 Å². The number of aromatic nitrogens is 1. The van der Waals surface area contributed by atoms with Crippen molar-refractivity contribution in [3.8, 4) is 0 Å². The summed E-state index contributed by atoms with van der Waals surface area (Å²) in [5.41, 5.74) is 7.90. The van der Waals surface area contributed by atoms with Crippen LogP contribution in [0.25, 0.3) is 0 Å². The fourth-order valence-electron chi connectivity index (χ4n) is 1.61. The summed E-state index contributed by atoms with van der Waals surface area (Å²) < 4.78 is 10.3. The van der Waals surface area contributed by atoms with Crippen LogP contribution < -0.4 is 11.1 Å². The Hall–Kier alpha value is -1.17. The lowest BCUT2D eigenvalue weighted by molar-refractivity contribution is 0.0365. The van der Waals surface area contributed by atoms with Crippen molar-refractivity contribution < 1.29 is 9.47 Å². The van der Waals surface area contributed by atoms with Gasteiger partial charge in [-0.3, -0.25) is 0 Å². The van der Waals surface area contributed by atoms with Gasteiger partial charge in [0.1, 0.15) is 5.82 Å². The second kappa shape index (κ2) is 7.21. The van der Waals surface area contributed by atoms with Crippen LogP contribution in [0.3, 0.4) is 0 Å².